The Hall–Kier alpha value is -2.37. The number of ether oxygens (including phenoxy) is 1. The maximum absolute atomic E-state index is 11.2. The van der Waals surface area contributed by atoms with Gasteiger partial charge in [-0.3, -0.25) is 4.55 Å². The lowest BCUT2D eigenvalue weighted by atomic mass is 10.1. The molecule has 0 aliphatic rings. The summed E-state index contributed by atoms with van der Waals surface area (Å²) in [5, 5.41) is 8.74. The second-order valence-corrected chi connectivity index (χ2v) is 4.26. The summed E-state index contributed by atoms with van der Waals surface area (Å²) in [5.74, 6) is -0.878. The highest BCUT2D eigenvalue weighted by molar-refractivity contribution is 7.81. The van der Waals surface area contributed by atoms with Gasteiger partial charge < -0.3 is 8.92 Å². The smallest absolute Gasteiger partial charge is 0.446 e. The molecule has 0 bridgehead atoms. The van der Waals surface area contributed by atoms with Crippen molar-refractivity contribution in [1.82, 2.24) is 0 Å². The van der Waals surface area contributed by atoms with E-state index in [0.29, 0.717) is 5.56 Å². The topological polar surface area (TPSA) is 114 Å². The van der Waals surface area contributed by atoms with Crippen LogP contribution in [-0.4, -0.2) is 26.0 Å². The molecule has 0 unspecified atom stereocenters. The van der Waals surface area contributed by atoms with E-state index in [0.717, 1.165) is 7.11 Å². The van der Waals surface area contributed by atoms with Crippen molar-refractivity contribution < 1.29 is 26.7 Å². The highest BCUT2D eigenvalue weighted by atomic mass is 32.3. The Kier molecular flexibility index (Phi) is 4.63. The van der Waals surface area contributed by atoms with Crippen molar-refractivity contribution in [3.63, 3.8) is 0 Å². The largest absolute Gasteiger partial charge is 0.465 e. The Bertz CT molecular complexity index is 639. The van der Waals surface area contributed by atoms with Gasteiger partial charge in [0, 0.05) is 0 Å². The minimum atomic E-state index is -4.58. The van der Waals surface area contributed by atoms with Crippen LogP contribution in [0.5, 0.6) is 5.75 Å². The minimum absolute atomic E-state index is 0.101. The number of nitrogens with zero attached hydrogens (tertiary/aromatic N) is 1. The third-order valence-electron chi connectivity index (χ3n) is 1.92. The second kappa shape index (κ2) is 5.99. The lowest BCUT2D eigenvalue weighted by Crippen LogP contribution is -2.06. The zero-order chi connectivity index (χ0) is 14.5. The molecule has 0 aromatic heterocycles. The lowest BCUT2D eigenvalue weighted by Gasteiger charge is -2.01. The monoisotopic (exact) mass is 283 g/mol. The van der Waals surface area contributed by atoms with Crippen LogP contribution in [0.25, 0.3) is 6.08 Å². The minimum Gasteiger partial charge on any atom is -0.465 e. The van der Waals surface area contributed by atoms with Crippen LogP contribution in [0.1, 0.15) is 5.56 Å². The zero-order valence-corrected chi connectivity index (χ0v) is 10.5. The highest BCUT2D eigenvalue weighted by Gasteiger charge is 2.09. The zero-order valence-electron chi connectivity index (χ0n) is 9.73. The fourth-order valence-corrected chi connectivity index (χ4v) is 1.51. The van der Waals surface area contributed by atoms with Crippen molar-refractivity contribution in [2.75, 3.05) is 7.11 Å². The fraction of sp³-hybridized carbons (Fsp3) is 0.0909. The first-order valence-electron chi connectivity index (χ1n) is 4.83. The third-order valence-corrected chi connectivity index (χ3v) is 2.32. The SMILES string of the molecule is COC(=O)C(C#N)=Cc1ccc(OS(=O)(=O)O)cc1. The summed E-state index contributed by atoms with van der Waals surface area (Å²) >= 11 is 0. The molecular formula is C11H9NO6S. The summed E-state index contributed by atoms with van der Waals surface area (Å²) in [5.41, 5.74) is 0.260. The van der Waals surface area contributed by atoms with Crippen LogP contribution in [0.3, 0.4) is 0 Å². The van der Waals surface area contributed by atoms with E-state index in [1.807, 2.05) is 0 Å². The average Bonchev–Trinajstić information content (AvgIpc) is 2.35. The number of benzene rings is 1. The molecule has 1 N–H and O–H groups in total. The van der Waals surface area contributed by atoms with Crippen molar-refractivity contribution in [1.29, 1.82) is 5.26 Å². The van der Waals surface area contributed by atoms with Gasteiger partial charge in [0.05, 0.1) is 7.11 Å². The van der Waals surface area contributed by atoms with Gasteiger partial charge in [-0.15, -0.1) is 0 Å². The predicted molar refractivity (Wildman–Crippen MR) is 64.2 cm³/mol. The van der Waals surface area contributed by atoms with Gasteiger partial charge in [-0.25, -0.2) is 4.79 Å². The second-order valence-electron chi connectivity index (χ2n) is 3.24. The molecule has 0 saturated carbocycles. The molecule has 0 atom stereocenters. The van der Waals surface area contributed by atoms with Crippen LogP contribution in [0.15, 0.2) is 29.8 Å². The molecule has 8 heteroatoms. The summed E-state index contributed by atoms with van der Waals surface area (Å²) in [6.45, 7) is 0. The number of methoxy groups -OCH3 is 1. The van der Waals surface area contributed by atoms with Crippen LogP contribution in [0.4, 0.5) is 0 Å². The van der Waals surface area contributed by atoms with Crippen molar-refractivity contribution in [2.24, 2.45) is 0 Å². The molecule has 0 spiro atoms. The van der Waals surface area contributed by atoms with Crippen LogP contribution in [0.2, 0.25) is 0 Å². The van der Waals surface area contributed by atoms with Crippen molar-refractivity contribution in [3.8, 4) is 11.8 Å². The van der Waals surface area contributed by atoms with Gasteiger partial charge >= 0.3 is 16.4 Å². The van der Waals surface area contributed by atoms with Crippen LogP contribution >= 0.6 is 0 Å². The van der Waals surface area contributed by atoms with E-state index in [9.17, 15) is 13.2 Å². The summed E-state index contributed by atoms with van der Waals surface area (Å²) in [7, 11) is -3.43. The number of hydrogen-bond acceptors (Lipinski definition) is 6. The molecule has 0 saturated heterocycles. The molecule has 0 heterocycles. The number of esters is 1. The number of nitriles is 1. The Balaban J connectivity index is 2.97. The maximum atomic E-state index is 11.2. The number of rotatable bonds is 4. The van der Waals surface area contributed by atoms with Crippen LogP contribution in [-0.2, 0) is 19.9 Å². The Labute approximate surface area is 109 Å². The van der Waals surface area contributed by atoms with Crippen molar-refractivity contribution in [2.45, 2.75) is 0 Å². The molecule has 1 aromatic carbocycles. The maximum Gasteiger partial charge on any atom is 0.446 e. The van der Waals surface area contributed by atoms with Gasteiger partial charge in [-0.1, -0.05) is 12.1 Å². The first-order chi connectivity index (χ1) is 8.85. The lowest BCUT2D eigenvalue weighted by molar-refractivity contribution is -0.135. The molecule has 100 valence electrons. The Morgan fingerprint density at radius 1 is 1.37 bits per heavy atom. The van der Waals surface area contributed by atoms with E-state index in [4.69, 9.17) is 9.81 Å². The first-order valence-corrected chi connectivity index (χ1v) is 6.19. The molecule has 0 amide bonds. The predicted octanol–water partition coefficient (Wildman–Crippen LogP) is 0.948. The van der Waals surface area contributed by atoms with Gasteiger partial charge in [0.25, 0.3) is 0 Å². The van der Waals surface area contributed by atoms with Gasteiger partial charge in [0.15, 0.2) is 0 Å². The molecule has 19 heavy (non-hydrogen) atoms. The van der Waals surface area contributed by atoms with E-state index < -0.39 is 16.4 Å². The number of carbonyl (C=O) groups is 1. The normalized spacial score (nSPS) is 11.5. The average molecular weight is 283 g/mol. The van der Waals surface area contributed by atoms with Gasteiger partial charge in [0.2, 0.25) is 0 Å². The molecule has 0 aliphatic carbocycles. The molecule has 7 nitrogen and oxygen atoms in total. The van der Waals surface area contributed by atoms with Gasteiger partial charge in [-0.05, 0) is 23.8 Å². The molecule has 0 fully saturated rings. The van der Waals surface area contributed by atoms with E-state index in [1.54, 1.807) is 6.07 Å². The number of carbonyl (C=O) groups excluding carboxylic acids is 1. The molecular weight excluding hydrogens is 274 g/mol. The standard InChI is InChI=1S/C11H9NO6S/c1-17-11(13)9(7-12)6-8-2-4-10(5-3-8)18-19(14,15)16/h2-6H,1H3,(H,14,15,16). The Morgan fingerprint density at radius 2 is 1.95 bits per heavy atom. The summed E-state index contributed by atoms with van der Waals surface area (Å²) in [4.78, 5) is 11.2. The molecule has 1 aromatic rings. The first kappa shape index (κ1) is 14.7. The van der Waals surface area contributed by atoms with Crippen LogP contribution in [0, 0.1) is 11.3 Å². The summed E-state index contributed by atoms with van der Waals surface area (Å²) < 4.78 is 38.0. The van der Waals surface area contributed by atoms with E-state index >= 15 is 0 Å². The third kappa shape index (κ3) is 4.79. The fourth-order valence-electron chi connectivity index (χ4n) is 1.15. The molecule has 1 rings (SSSR count). The summed E-state index contributed by atoms with van der Waals surface area (Å²) in [6.07, 6.45) is 1.27. The van der Waals surface area contributed by atoms with E-state index in [1.165, 1.54) is 30.3 Å². The van der Waals surface area contributed by atoms with Gasteiger partial charge in [0.1, 0.15) is 17.4 Å². The Morgan fingerprint density at radius 3 is 2.37 bits per heavy atom. The van der Waals surface area contributed by atoms with Crippen molar-refractivity contribution in [3.05, 3.63) is 35.4 Å². The molecule has 0 aliphatic heterocycles. The summed E-state index contributed by atoms with van der Waals surface area (Å²) in [6, 6.07) is 6.99. The van der Waals surface area contributed by atoms with Crippen molar-refractivity contribution >= 4 is 22.4 Å². The quantitative estimate of drug-likeness (QED) is 0.378. The number of hydrogen-bond donors (Lipinski definition) is 1. The van der Waals surface area contributed by atoms with E-state index in [2.05, 4.69) is 8.92 Å². The van der Waals surface area contributed by atoms with E-state index in [-0.39, 0.29) is 11.3 Å². The van der Waals surface area contributed by atoms with Crippen LogP contribution < -0.4 is 4.18 Å². The van der Waals surface area contributed by atoms with Gasteiger partial charge in [-0.2, -0.15) is 13.7 Å². The highest BCUT2D eigenvalue weighted by Crippen LogP contribution is 2.16. The molecule has 0 radical (unpaired) electrons.